The third kappa shape index (κ3) is 3.50. The second kappa shape index (κ2) is 8.08. The van der Waals surface area contributed by atoms with Gasteiger partial charge in [-0.05, 0) is 18.2 Å². The summed E-state index contributed by atoms with van der Waals surface area (Å²) in [6.07, 6.45) is 2.10. The molecule has 1 aromatic heterocycles. The first kappa shape index (κ1) is 20.2. The van der Waals surface area contributed by atoms with E-state index in [4.69, 9.17) is 9.47 Å². The fourth-order valence-electron chi connectivity index (χ4n) is 3.79. The van der Waals surface area contributed by atoms with Gasteiger partial charge in [-0.25, -0.2) is 0 Å². The van der Waals surface area contributed by atoms with Crippen LogP contribution in [0.1, 0.15) is 23.2 Å². The van der Waals surface area contributed by atoms with Gasteiger partial charge in [-0.3, -0.25) is 19.3 Å². The highest BCUT2D eigenvalue weighted by Crippen LogP contribution is 2.35. The highest BCUT2D eigenvalue weighted by atomic mass is 32.1. The van der Waals surface area contributed by atoms with Crippen molar-refractivity contribution in [3.8, 4) is 11.5 Å². The lowest BCUT2D eigenvalue weighted by molar-refractivity contribution is -0.121. The number of carbonyl (C=O) groups is 3. The molecule has 0 aliphatic carbocycles. The molecule has 1 fully saturated rings. The first-order valence-electron chi connectivity index (χ1n) is 10.1. The molecule has 3 heterocycles. The minimum absolute atomic E-state index is 0.183. The summed E-state index contributed by atoms with van der Waals surface area (Å²) in [6.45, 7) is 5.25. The van der Waals surface area contributed by atoms with Crippen LogP contribution in [0.4, 0.5) is 5.69 Å². The van der Waals surface area contributed by atoms with Gasteiger partial charge >= 0.3 is 0 Å². The Kier molecular flexibility index (Phi) is 5.10. The normalized spacial score (nSPS) is 16.1. The number of carbonyl (C=O) groups excluding carboxylic acids is 3. The van der Waals surface area contributed by atoms with Gasteiger partial charge in [0.2, 0.25) is 11.8 Å². The molecule has 2 aliphatic heterocycles. The number of nitrogens with zero attached hydrogens (tertiary/aromatic N) is 3. The van der Waals surface area contributed by atoms with E-state index in [0.717, 1.165) is 15.1 Å². The second-order valence-corrected chi connectivity index (χ2v) is 8.35. The number of hydrogen-bond donors (Lipinski definition) is 0. The van der Waals surface area contributed by atoms with E-state index in [1.165, 1.54) is 17.4 Å². The molecule has 5 rings (SSSR count). The zero-order chi connectivity index (χ0) is 22.2. The standard InChI is InChI=1S/C23H19N3O5S/c1-2-8-25-16-12-17-18(31-10-9-30-17)13-19(16)32-23(25)24-22(29)14-4-3-5-15(11-14)26-20(27)6-7-21(26)28/h2-5,11-13H,1,6-10H2. The number of thiazole rings is 1. The number of ether oxygens (including phenoxy) is 2. The molecule has 2 aliphatic rings. The van der Waals surface area contributed by atoms with Crippen LogP contribution in [-0.4, -0.2) is 35.5 Å². The zero-order valence-corrected chi connectivity index (χ0v) is 17.9. The first-order valence-corrected chi connectivity index (χ1v) is 11.0. The van der Waals surface area contributed by atoms with Crippen molar-refractivity contribution in [3.05, 3.63) is 59.4 Å². The molecule has 9 heteroatoms. The SMILES string of the molecule is C=CCn1c(=NC(=O)c2cccc(N3C(=O)CCC3=O)c2)sc2cc3c(cc21)OCCO3. The van der Waals surface area contributed by atoms with Crippen molar-refractivity contribution in [3.63, 3.8) is 0 Å². The number of rotatable bonds is 4. The largest absolute Gasteiger partial charge is 0.486 e. The van der Waals surface area contributed by atoms with Crippen LogP contribution in [-0.2, 0) is 16.1 Å². The molecule has 0 radical (unpaired) electrons. The van der Waals surface area contributed by atoms with Gasteiger partial charge in [0, 0.05) is 37.1 Å². The van der Waals surface area contributed by atoms with Crippen molar-refractivity contribution in [1.29, 1.82) is 0 Å². The molecule has 0 bridgehead atoms. The van der Waals surface area contributed by atoms with Crippen molar-refractivity contribution in [1.82, 2.24) is 4.57 Å². The highest BCUT2D eigenvalue weighted by Gasteiger charge is 2.30. The maximum atomic E-state index is 13.0. The van der Waals surface area contributed by atoms with Gasteiger partial charge in [-0.15, -0.1) is 6.58 Å². The average Bonchev–Trinajstić information content (AvgIpc) is 3.31. The Bertz CT molecular complexity index is 1340. The average molecular weight is 449 g/mol. The highest BCUT2D eigenvalue weighted by molar-refractivity contribution is 7.16. The number of hydrogen-bond acceptors (Lipinski definition) is 6. The molecule has 0 N–H and O–H groups in total. The molecule has 0 saturated carbocycles. The maximum Gasteiger partial charge on any atom is 0.279 e. The van der Waals surface area contributed by atoms with Gasteiger partial charge in [-0.2, -0.15) is 4.99 Å². The quantitative estimate of drug-likeness (QED) is 0.451. The summed E-state index contributed by atoms with van der Waals surface area (Å²) in [5.41, 5.74) is 1.55. The van der Waals surface area contributed by atoms with Gasteiger partial charge in [0.1, 0.15) is 13.2 Å². The number of amides is 3. The zero-order valence-electron chi connectivity index (χ0n) is 17.1. The number of aromatic nitrogens is 1. The van der Waals surface area contributed by atoms with Crippen molar-refractivity contribution >= 4 is 45.0 Å². The van der Waals surface area contributed by atoms with E-state index in [1.807, 2.05) is 16.7 Å². The lowest BCUT2D eigenvalue weighted by atomic mass is 10.2. The van der Waals surface area contributed by atoms with Gasteiger partial charge in [-0.1, -0.05) is 23.5 Å². The number of benzene rings is 2. The number of anilines is 1. The summed E-state index contributed by atoms with van der Waals surface area (Å²) in [5.74, 6) is 0.329. The van der Waals surface area contributed by atoms with Crippen LogP contribution in [0.5, 0.6) is 11.5 Å². The van der Waals surface area contributed by atoms with Gasteiger partial charge < -0.3 is 14.0 Å². The lowest BCUT2D eigenvalue weighted by Gasteiger charge is -2.18. The molecule has 2 aromatic carbocycles. The van der Waals surface area contributed by atoms with Crippen LogP contribution in [0.25, 0.3) is 10.2 Å². The summed E-state index contributed by atoms with van der Waals surface area (Å²) >= 11 is 1.36. The van der Waals surface area contributed by atoms with Gasteiger partial charge in [0.05, 0.1) is 15.9 Å². The van der Waals surface area contributed by atoms with E-state index in [9.17, 15) is 14.4 Å². The molecule has 32 heavy (non-hydrogen) atoms. The number of imide groups is 1. The summed E-state index contributed by atoms with van der Waals surface area (Å²) in [5, 5.41) is 0. The molecule has 0 spiro atoms. The van der Waals surface area contributed by atoms with Gasteiger partial charge in [0.25, 0.3) is 5.91 Å². The van der Waals surface area contributed by atoms with Gasteiger partial charge in [0.15, 0.2) is 16.3 Å². The van der Waals surface area contributed by atoms with E-state index >= 15 is 0 Å². The van der Waals surface area contributed by atoms with Crippen LogP contribution in [0.15, 0.2) is 54.0 Å². The summed E-state index contributed by atoms with van der Waals surface area (Å²) in [4.78, 5) is 43.1. The predicted molar refractivity (Wildman–Crippen MR) is 119 cm³/mol. The topological polar surface area (TPSA) is 90.2 Å². The first-order chi connectivity index (χ1) is 15.5. The minimum Gasteiger partial charge on any atom is -0.486 e. The van der Waals surface area contributed by atoms with Crippen LogP contribution < -0.4 is 19.2 Å². The molecule has 0 unspecified atom stereocenters. The molecule has 1 saturated heterocycles. The fourth-order valence-corrected chi connectivity index (χ4v) is 4.84. The minimum atomic E-state index is -0.465. The summed E-state index contributed by atoms with van der Waals surface area (Å²) in [6, 6.07) is 10.2. The Labute approximate surface area is 187 Å². The molecule has 8 nitrogen and oxygen atoms in total. The molecular weight excluding hydrogens is 430 g/mol. The Balaban J connectivity index is 1.56. The molecule has 3 aromatic rings. The monoisotopic (exact) mass is 449 g/mol. The Morgan fingerprint density at radius 2 is 1.81 bits per heavy atom. The van der Waals surface area contributed by atoms with E-state index in [0.29, 0.717) is 47.3 Å². The molecule has 0 atom stereocenters. The smallest absolute Gasteiger partial charge is 0.279 e. The van der Waals surface area contributed by atoms with Crippen LogP contribution in [0.2, 0.25) is 0 Å². The van der Waals surface area contributed by atoms with Crippen LogP contribution >= 0.6 is 11.3 Å². The molecular formula is C23H19N3O5S. The van der Waals surface area contributed by atoms with Crippen molar-refractivity contribution in [2.75, 3.05) is 18.1 Å². The van der Waals surface area contributed by atoms with E-state index in [-0.39, 0.29) is 24.7 Å². The van der Waals surface area contributed by atoms with Crippen molar-refractivity contribution < 1.29 is 23.9 Å². The molecule has 162 valence electrons. The predicted octanol–water partition coefficient (Wildman–Crippen LogP) is 3.05. The third-order valence-electron chi connectivity index (χ3n) is 5.26. The Morgan fingerprint density at radius 3 is 2.53 bits per heavy atom. The molecule has 3 amide bonds. The Morgan fingerprint density at radius 1 is 1.09 bits per heavy atom. The van der Waals surface area contributed by atoms with Crippen LogP contribution in [0, 0.1) is 0 Å². The van der Waals surface area contributed by atoms with E-state index in [1.54, 1.807) is 24.3 Å². The Hall–Kier alpha value is -3.72. The fraction of sp³-hybridized carbons (Fsp3) is 0.217. The summed E-state index contributed by atoms with van der Waals surface area (Å²) in [7, 11) is 0. The van der Waals surface area contributed by atoms with Crippen molar-refractivity contribution in [2.24, 2.45) is 4.99 Å². The maximum absolute atomic E-state index is 13.0. The number of allylic oxidation sites excluding steroid dienone is 1. The van der Waals surface area contributed by atoms with E-state index in [2.05, 4.69) is 11.6 Å². The lowest BCUT2D eigenvalue weighted by Crippen LogP contribution is -2.28. The van der Waals surface area contributed by atoms with Crippen molar-refractivity contribution in [2.45, 2.75) is 19.4 Å². The number of fused-ring (bicyclic) bond motifs is 2. The second-order valence-electron chi connectivity index (χ2n) is 7.34. The third-order valence-corrected chi connectivity index (χ3v) is 6.30. The summed E-state index contributed by atoms with van der Waals surface area (Å²) < 4.78 is 14.1. The van der Waals surface area contributed by atoms with Crippen LogP contribution in [0.3, 0.4) is 0 Å². The van der Waals surface area contributed by atoms with E-state index < -0.39 is 5.91 Å².